The zero-order valence-corrected chi connectivity index (χ0v) is 15.4. The van der Waals surface area contributed by atoms with Crippen LogP contribution in [0.5, 0.6) is 0 Å². The van der Waals surface area contributed by atoms with Crippen molar-refractivity contribution >= 4 is 24.5 Å². The van der Waals surface area contributed by atoms with Crippen LogP contribution in [-0.4, -0.2) is 28.3 Å². The average Bonchev–Trinajstić information content (AvgIpc) is 2.66. The van der Waals surface area contributed by atoms with Crippen LogP contribution in [0.3, 0.4) is 0 Å². The van der Waals surface area contributed by atoms with Gasteiger partial charge in [-0.05, 0) is 34.9 Å². The van der Waals surface area contributed by atoms with Crippen molar-refractivity contribution in [3.05, 3.63) is 83.9 Å². The molecule has 0 aliphatic rings. The lowest BCUT2D eigenvalue weighted by atomic mass is 10.0. The monoisotopic (exact) mass is 385 g/mol. The Morgan fingerprint density at radius 1 is 0.963 bits per heavy atom. The van der Waals surface area contributed by atoms with E-state index in [1.54, 1.807) is 12.1 Å². The Labute approximate surface area is 157 Å². The first kappa shape index (κ1) is 19.3. The summed E-state index contributed by atoms with van der Waals surface area (Å²) in [7, 11) is -4.62. The van der Waals surface area contributed by atoms with Gasteiger partial charge in [0.15, 0.2) is 0 Å². The molecule has 0 aliphatic carbocycles. The minimum atomic E-state index is -4.62. The van der Waals surface area contributed by atoms with Gasteiger partial charge < -0.3 is 15.1 Å². The molecule has 140 valence electrons. The van der Waals surface area contributed by atoms with Crippen LogP contribution in [0, 0.1) is 0 Å². The van der Waals surface area contributed by atoms with Crippen molar-refractivity contribution in [3.8, 4) is 0 Å². The zero-order chi connectivity index (χ0) is 19.3. The molecule has 7 heteroatoms. The van der Waals surface area contributed by atoms with Crippen LogP contribution in [0.4, 0.5) is 0 Å². The van der Waals surface area contributed by atoms with E-state index in [2.05, 4.69) is 9.84 Å². The van der Waals surface area contributed by atoms with E-state index < -0.39 is 13.9 Å². The third kappa shape index (κ3) is 5.74. The normalized spacial score (nSPS) is 12.7. The number of carbonyl (C=O) groups excluding carboxylic acids is 1. The fraction of sp³-hybridized carbons (Fsp3) is 0.150. The first-order valence-corrected chi connectivity index (χ1v) is 9.97. The molecule has 0 saturated carbocycles. The van der Waals surface area contributed by atoms with E-state index in [9.17, 15) is 9.36 Å². The van der Waals surface area contributed by atoms with Crippen LogP contribution in [0.1, 0.15) is 15.9 Å². The molecule has 0 saturated heterocycles. The molecular formula is C20H20NO5P. The molecule has 3 N–H and O–H groups in total. The molecule has 0 unspecified atom stereocenters. The molecule has 3 aromatic rings. The minimum Gasteiger partial charge on any atom is -0.347 e. The predicted molar refractivity (Wildman–Crippen MR) is 103 cm³/mol. The van der Waals surface area contributed by atoms with Gasteiger partial charge in [-0.25, -0.2) is 4.57 Å². The highest BCUT2D eigenvalue weighted by Crippen LogP contribution is 2.35. The van der Waals surface area contributed by atoms with Gasteiger partial charge >= 0.3 is 7.82 Å². The van der Waals surface area contributed by atoms with Gasteiger partial charge in [0.1, 0.15) is 0 Å². The van der Waals surface area contributed by atoms with Crippen LogP contribution in [0.25, 0.3) is 10.8 Å². The minimum absolute atomic E-state index is 0.293. The summed E-state index contributed by atoms with van der Waals surface area (Å²) in [6.45, 7) is -0.293. The van der Waals surface area contributed by atoms with E-state index in [4.69, 9.17) is 9.79 Å². The van der Waals surface area contributed by atoms with E-state index in [-0.39, 0.29) is 12.5 Å². The number of rotatable bonds is 7. The summed E-state index contributed by atoms with van der Waals surface area (Å²) in [5, 5.41) is 4.78. The summed E-state index contributed by atoms with van der Waals surface area (Å²) in [6, 6.07) is 21.9. The number of hydrogen-bond donors (Lipinski definition) is 3. The molecule has 0 radical (unpaired) electrons. The second-order valence-electron chi connectivity index (χ2n) is 6.21. The van der Waals surface area contributed by atoms with Gasteiger partial charge in [0.05, 0.1) is 12.6 Å². The summed E-state index contributed by atoms with van der Waals surface area (Å²) in [5.41, 5.74) is 1.40. The van der Waals surface area contributed by atoms with Crippen molar-refractivity contribution < 1.29 is 23.7 Å². The van der Waals surface area contributed by atoms with Gasteiger partial charge in [-0.3, -0.25) is 9.32 Å². The number of nitrogens with one attached hydrogen (secondary N) is 1. The Morgan fingerprint density at radius 3 is 2.33 bits per heavy atom. The lowest BCUT2D eigenvalue weighted by molar-refractivity contribution is 0.0909. The zero-order valence-electron chi connectivity index (χ0n) is 14.5. The van der Waals surface area contributed by atoms with Gasteiger partial charge in [0.25, 0.3) is 5.91 Å². The molecule has 3 aromatic carbocycles. The highest BCUT2D eigenvalue weighted by atomic mass is 31.2. The Morgan fingerprint density at radius 2 is 1.63 bits per heavy atom. The number of benzene rings is 3. The van der Waals surface area contributed by atoms with Crippen LogP contribution >= 0.6 is 7.82 Å². The van der Waals surface area contributed by atoms with Crippen LogP contribution in [0.15, 0.2) is 72.8 Å². The van der Waals surface area contributed by atoms with Gasteiger partial charge in [-0.2, -0.15) is 0 Å². The molecule has 27 heavy (non-hydrogen) atoms. The number of hydrogen-bond acceptors (Lipinski definition) is 3. The lowest BCUT2D eigenvalue weighted by Gasteiger charge is -2.19. The van der Waals surface area contributed by atoms with Crippen LogP contribution < -0.4 is 5.32 Å². The number of carbonyl (C=O) groups is 1. The topological polar surface area (TPSA) is 95.9 Å². The number of phosphoric acid groups is 1. The molecule has 1 atom stereocenters. The van der Waals surface area contributed by atoms with Crippen molar-refractivity contribution in [3.63, 3.8) is 0 Å². The average molecular weight is 385 g/mol. The van der Waals surface area contributed by atoms with E-state index in [1.807, 2.05) is 60.7 Å². The molecule has 1 amide bonds. The Balaban J connectivity index is 1.76. The van der Waals surface area contributed by atoms with E-state index in [1.165, 1.54) is 0 Å². The Hall–Kier alpha value is -2.50. The van der Waals surface area contributed by atoms with Gasteiger partial charge in [-0.1, -0.05) is 60.7 Å². The fourth-order valence-corrected chi connectivity index (χ4v) is 3.21. The standard InChI is InChI=1S/C20H20NO5P/c22-20(18-11-10-16-8-4-5-9-17(16)13-18)21-19(14-26-27(23,24)25)12-15-6-2-1-3-7-15/h1-11,13,19H,12,14H2,(H,21,22)(H2,23,24,25)/t19-/m0/s1. The summed E-state index contributed by atoms with van der Waals surface area (Å²) in [4.78, 5) is 30.6. The molecular weight excluding hydrogens is 365 g/mol. The largest absolute Gasteiger partial charge is 0.469 e. The first-order chi connectivity index (χ1) is 12.9. The van der Waals surface area contributed by atoms with Crippen molar-refractivity contribution in [1.29, 1.82) is 0 Å². The Kier molecular flexibility index (Phi) is 6.04. The quantitative estimate of drug-likeness (QED) is 0.543. The van der Waals surface area contributed by atoms with E-state index in [0.29, 0.717) is 12.0 Å². The molecule has 6 nitrogen and oxygen atoms in total. The molecule has 0 aromatic heterocycles. The third-order valence-electron chi connectivity index (χ3n) is 4.12. The smallest absolute Gasteiger partial charge is 0.347 e. The second kappa shape index (κ2) is 8.46. The number of phosphoric ester groups is 1. The summed E-state index contributed by atoms with van der Waals surface area (Å²) >= 11 is 0. The predicted octanol–water partition coefficient (Wildman–Crippen LogP) is 3.29. The maximum absolute atomic E-state index is 12.7. The van der Waals surface area contributed by atoms with Crippen molar-refractivity contribution in [2.45, 2.75) is 12.5 Å². The highest BCUT2D eigenvalue weighted by Gasteiger charge is 2.21. The number of amides is 1. The molecule has 0 spiro atoms. The fourth-order valence-electron chi connectivity index (χ4n) is 2.84. The maximum atomic E-state index is 12.7. The highest BCUT2D eigenvalue weighted by molar-refractivity contribution is 7.46. The Bertz CT molecular complexity index is 970. The van der Waals surface area contributed by atoms with Crippen LogP contribution in [0.2, 0.25) is 0 Å². The maximum Gasteiger partial charge on any atom is 0.469 e. The summed E-state index contributed by atoms with van der Waals surface area (Å²) in [5.74, 6) is -0.323. The SMILES string of the molecule is O=C(N[C@H](COP(=O)(O)O)Cc1ccccc1)c1ccc2ccccc2c1. The molecule has 0 aliphatic heterocycles. The van der Waals surface area contributed by atoms with Crippen molar-refractivity contribution in [2.24, 2.45) is 0 Å². The van der Waals surface area contributed by atoms with Crippen molar-refractivity contribution in [2.75, 3.05) is 6.61 Å². The molecule has 0 bridgehead atoms. The first-order valence-electron chi connectivity index (χ1n) is 8.44. The number of fused-ring (bicyclic) bond motifs is 1. The van der Waals surface area contributed by atoms with E-state index >= 15 is 0 Å². The summed E-state index contributed by atoms with van der Waals surface area (Å²) in [6.07, 6.45) is 0.389. The van der Waals surface area contributed by atoms with Crippen LogP contribution in [-0.2, 0) is 15.5 Å². The lowest BCUT2D eigenvalue weighted by Crippen LogP contribution is -2.39. The van der Waals surface area contributed by atoms with Gasteiger partial charge in [0.2, 0.25) is 0 Å². The van der Waals surface area contributed by atoms with Crippen molar-refractivity contribution in [1.82, 2.24) is 5.32 Å². The van der Waals surface area contributed by atoms with Gasteiger partial charge in [0, 0.05) is 5.56 Å². The molecule has 3 rings (SSSR count). The molecule has 0 fully saturated rings. The molecule has 0 heterocycles. The van der Waals surface area contributed by atoms with Gasteiger partial charge in [-0.15, -0.1) is 0 Å². The second-order valence-corrected chi connectivity index (χ2v) is 7.45. The summed E-state index contributed by atoms with van der Waals surface area (Å²) < 4.78 is 15.7. The third-order valence-corrected chi connectivity index (χ3v) is 4.60. The van der Waals surface area contributed by atoms with E-state index in [0.717, 1.165) is 16.3 Å².